The monoisotopic (exact) mass is 312 g/mol. The van der Waals surface area contributed by atoms with Crippen molar-refractivity contribution in [3.8, 4) is 5.75 Å². The molecule has 5 nitrogen and oxygen atoms in total. The quantitative estimate of drug-likeness (QED) is 0.890. The van der Waals surface area contributed by atoms with E-state index >= 15 is 0 Å². The summed E-state index contributed by atoms with van der Waals surface area (Å²) in [5.74, 6) is 0.724. The van der Waals surface area contributed by atoms with Crippen molar-refractivity contribution in [1.29, 1.82) is 0 Å². The molecule has 2 heterocycles. The third kappa shape index (κ3) is 4.53. The fourth-order valence-electron chi connectivity index (χ4n) is 2.47. The Hall–Kier alpha value is -2.40. The van der Waals surface area contributed by atoms with Gasteiger partial charge in [0.05, 0.1) is 5.69 Å². The molecule has 120 valence electrons. The number of nitrogens with zero attached hydrogens (tertiary/aromatic N) is 1. The highest BCUT2D eigenvalue weighted by Gasteiger charge is 2.22. The number of carbonyl (C=O) groups excluding carboxylic acids is 1. The van der Waals surface area contributed by atoms with Gasteiger partial charge in [0.2, 0.25) is 5.91 Å². The van der Waals surface area contributed by atoms with E-state index in [1.165, 1.54) is 0 Å². The van der Waals surface area contributed by atoms with Gasteiger partial charge in [0, 0.05) is 19.3 Å². The Morgan fingerprint density at radius 3 is 3.04 bits per heavy atom. The van der Waals surface area contributed by atoms with Gasteiger partial charge in [-0.05, 0) is 42.7 Å². The number of pyridine rings is 1. The highest BCUT2D eigenvalue weighted by atomic mass is 16.5. The number of aromatic nitrogens is 1. The average molecular weight is 312 g/mol. The molecule has 5 heteroatoms. The predicted molar refractivity (Wildman–Crippen MR) is 85.8 cm³/mol. The second-order valence-electron chi connectivity index (χ2n) is 5.48. The fourth-order valence-corrected chi connectivity index (χ4v) is 2.47. The molecule has 23 heavy (non-hydrogen) atoms. The zero-order valence-corrected chi connectivity index (χ0v) is 12.9. The maximum atomic E-state index is 11.9. The standard InChI is InChI=1S/C18H20N2O3/c21-18(17-8-4-10-22-17)20-12-14-5-3-7-16(11-14)23-13-15-6-1-2-9-19-15/h1-3,5-7,9,11,17H,4,8,10,12-13H2,(H,20,21)/t17-/m1/s1. The van der Waals surface area contributed by atoms with E-state index in [0.717, 1.165) is 29.8 Å². The Balaban J connectivity index is 1.51. The van der Waals surface area contributed by atoms with Crippen LogP contribution in [0.3, 0.4) is 0 Å². The molecular formula is C18H20N2O3. The van der Waals surface area contributed by atoms with E-state index in [1.807, 2.05) is 42.5 Å². The van der Waals surface area contributed by atoms with Crippen molar-refractivity contribution in [2.24, 2.45) is 0 Å². The molecule has 2 aromatic rings. The average Bonchev–Trinajstić information content (AvgIpc) is 3.14. The smallest absolute Gasteiger partial charge is 0.249 e. The lowest BCUT2D eigenvalue weighted by atomic mass is 10.2. The minimum Gasteiger partial charge on any atom is -0.487 e. The van der Waals surface area contributed by atoms with Crippen LogP contribution in [0.25, 0.3) is 0 Å². The van der Waals surface area contributed by atoms with Gasteiger partial charge >= 0.3 is 0 Å². The number of hydrogen-bond donors (Lipinski definition) is 1. The molecule has 1 aromatic heterocycles. The van der Waals surface area contributed by atoms with Crippen LogP contribution in [0.1, 0.15) is 24.1 Å². The molecule has 1 amide bonds. The molecule has 0 aliphatic carbocycles. The molecule has 3 rings (SSSR count). The van der Waals surface area contributed by atoms with E-state index in [0.29, 0.717) is 19.8 Å². The molecule has 1 aliphatic heterocycles. The second kappa shape index (κ2) is 7.74. The third-order valence-electron chi connectivity index (χ3n) is 3.70. The lowest BCUT2D eigenvalue weighted by Gasteiger charge is -2.11. The Bertz CT molecular complexity index is 640. The minimum absolute atomic E-state index is 0.0395. The molecule has 1 aromatic carbocycles. The first kappa shape index (κ1) is 15.5. The van der Waals surface area contributed by atoms with Crippen LogP contribution in [0.2, 0.25) is 0 Å². The number of ether oxygens (including phenoxy) is 2. The van der Waals surface area contributed by atoms with Crippen molar-refractivity contribution >= 4 is 5.91 Å². The van der Waals surface area contributed by atoms with Gasteiger partial charge in [-0.1, -0.05) is 18.2 Å². The van der Waals surface area contributed by atoms with Crippen LogP contribution < -0.4 is 10.1 Å². The maximum absolute atomic E-state index is 11.9. The van der Waals surface area contributed by atoms with E-state index in [9.17, 15) is 4.79 Å². The molecule has 1 atom stereocenters. The van der Waals surface area contributed by atoms with Gasteiger partial charge in [-0.15, -0.1) is 0 Å². The van der Waals surface area contributed by atoms with Crippen molar-refractivity contribution in [3.05, 3.63) is 59.9 Å². The first-order chi connectivity index (χ1) is 11.3. The molecule has 0 radical (unpaired) electrons. The number of nitrogens with one attached hydrogen (secondary N) is 1. The van der Waals surface area contributed by atoms with Crippen molar-refractivity contribution in [2.45, 2.75) is 32.1 Å². The number of benzene rings is 1. The topological polar surface area (TPSA) is 60.5 Å². The summed E-state index contributed by atoms with van der Waals surface area (Å²) in [6.45, 7) is 1.57. The maximum Gasteiger partial charge on any atom is 0.249 e. The number of rotatable bonds is 6. The molecule has 0 unspecified atom stereocenters. The van der Waals surface area contributed by atoms with Crippen LogP contribution in [0.15, 0.2) is 48.7 Å². The van der Waals surface area contributed by atoms with E-state index < -0.39 is 0 Å². The third-order valence-corrected chi connectivity index (χ3v) is 3.70. The predicted octanol–water partition coefficient (Wildman–Crippen LogP) is 2.46. The molecule has 1 aliphatic rings. The molecule has 1 N–H and O–H groups in total. The van der Waals surface area contributed by atoms with Crippen molar-refractivity contribution in [1.82, 2.24) is 10.3 Å². The van der Waals surface area contributed by atoms with E-state index in [2.05, 4.69) is 10.3 Å². The summed E-state index contributed by atoms with van der Waals surface area (Å²) in [5, 5.41) is 2.91. The largest absolute Gasteiger partial charge is 0.487 e. The number of carbonyl (C=O) groups is 1. The zero-order valence-electron chi connectivity index (χ0n) is 12.9. The van der Waals surface area contributed by atoms with E-state index in [-0.39, 0.29) is 12.0 Å². The summed E-state index contributed by atoms with van der Waals surface area (Å²) in [6, 6.07) is 13.4. The van der Waals surface area contributed by atoms with Gasteiger partial charge in [0.15, 0.2) is 0 Å². The molecule has 0 spiro atoms. The summed E-state index contributed by atoms with van der Waals surface area (Å²) in [4.78, 5) is 16.2. The Kier molecular flexibility index (Phi) is 5.21. The first-order valence-corrected chi connectivity index (χ1v) is 7.82. The summed E-state index contributed by atoms with van der Waals surface area (Å²) < 4.78 is 11.1. The van der Waals surface area contributed by atoms with Crippen LogP contribution in [-0.2, 0) is 22.7 Å². The molecule has 1 fully saturated rings. The Morgan fingerprint density at radius 1 is 1.30 bits per heavy atom. The summed E-state index contributed by atoms with van der Waals surface area (Å²) in [6.07, 6.45) is 3.21. The lowest BCUT2D eigenvalue weighted by molar-refractivity contribution is -0.130. The van der Waals surface area contributed by atoms with Gasteiger partial charge in [-0.2, -0.15) is 0 Å². The van der Waals surface area contributed by atoms with Crippen LogP contribution in [0, 0.1) is 0 Å². The summed E-state index contributed by atoms with van der Waals surface area (Å²) >= 11 is 0. The molecule has 1 saturated heterocycles. The van der Waals surface area contributed by atoms with Crippen molar-refractivity contribution in [3.63, 3.8) is 0 Å². The van der Waals surface area contributed by atoms with E-state index in [1.54, 1.807) is 6.20 Å². The van der Waals surface area contributed by atoms with Crippen LogP contribution >= 0.6 is 0 Å². The van der Waals surface area contributed by atoms with Gasteiger partial charge in [-0.3, -0.25) is 9.78 Å². The van der Waals surface area contributed by atoms with Crippen LogP contribution in [-0.4, -0.2) is 23.6 Å². The highest BCUT2D eigenvalue weighted by Crippen LogP contribution is 2.16. The molecule has 0 saturated carbocycles. The fraction of sp³-hybridized carbons (Fsp3) is 0.333. The first-order valence-electron chi connectivity index (χ1n) is 7.82. The summed E-state index contributed by atoms with van der Waals surface area (Å²) in [5.41, 5.74) is 1.87. The normalized spacial score (nSPS) is 17.0. The Morgan fingerprint density at radius 2 is 2.26 bits per heavy atom. The summed E-state index contributed by atoms with van der Waals surface area (Å²) in [7, 11) is 0. The number of amides is 1. The number of hydrogen-bond acceptors (Lipinski definition) is 4. The highest BCUT2D eigenvalue weighted by molar-refractivity contribution is 5.80. The van der Waals surface area contributed by atoms with Gasteiger partial charge < -0.3 is 14.8 Å². The van der Waals surface area contributed by atoms with Crippen LogP contribution in [0.4, 0.5) is 0 Å². The Labute approximate surface area is 135 Å². The lowest BCUT2D eigenvalue weighted by Crippen LogP contribution is -2.33. The SMILES string of the molecule is O=C(NCc1cccc(OCc2ccccn2)c1)[C@H]1CCCO1. The minimum atomic E-state index is -0.293. The van der Waals surface area contributed by atoms with E-state index in [4.69, 9.17) is 9.47 Å². The van der Waals surface area contributed by atoms with Crippen LogP contribution in [0.5, 0.6) is 5.75 Å². The second-order valence-corrected chi connectivity index (χ2v) is 5.48. The molecular weight excluding hydrogens is 292 g/mol. The van der Waals surface area contributed by atoms with Gasteiger partial charge in [-0.25, -0.2) is 0 Å². The zero-order chi connectivity index (χ0) is 15.9. The van der Waals surface area contributed by atoms with Crippen molar-refractivity contribution < 1.29 is 14.3 Å². The molecule has 0 bridgehead atoms. The van der Waals surface area contributed by atoms with Crippen molar-refractivity contribution in [2.75, 3.05) is 6.61 Å². The van der Waals surface area contributed by atoms with Gasteiger partial charge in [0.25, 0.3) is 0 Å². The van der Waals surface area contributed by atoms with Gasteiger partial charge in [0.1, 0.15) is 18.5 Å².